The van der Waals surface area contributed by atoms with Crippen molar-refractivity contribution in [2.45, 2.75) is 17.9 Å². The fourth-order valence-corrected chi connectivity index (χ4v) is 3.35. The van der Waals surface area contributed by atoms with Gasteiger partial charge in [0.25, 0.3) is 5.91 Å². The van der Waals surface area contributed by atoms with Crippen molar-refractivity contribution in [2.75, 3.05) is 13.4 Å². The van der Waals surface area contributed by atoms with Gasteiger partial charge in [0, 0.05) is 23.2 Å². The molecule has 26 heavy (non-hydrogen) atoms. The molecule has 7 heteroatoms. The lowest BCUT2D eigenvalue weighted by Gasteiger charge is -2.14. The number of rotatable bonds is 5. The third kappa shape index (κ3) is 3.72. The van der Waals surface area contributed by atoms with E-state index in [9.17, 15) is 13.2 Å². The van der Waals surface area contributed by atoms with Gasteiger partial charge in [-0.3, -0.25) is 4.79 Å². The van der Waals surface area contributed by atoms with Crippen molar-refractivity contribution < 1.29 is 17.9 Å². The second-order valence-electron chi connectivity index (χ2n) is 6.17. The number of carbonyl (C=O) groups is 1. The van der Waals surface area contributed by atoms with Gasteiger partial charge in [-0.1, -0.05) is 12.1 Å². The van der Waals surface area contributed by atoms with Crippen LogP contribution in [0.3, 0.4) is 0 Å². The van der Waals surface area contributed by atoms with Crippen molar-refractivity contribution >= 4 is 26.6 Å². The standard InChI is InChI=1S/C19H20N2O4S/c1-12(13-5-8-16(9-6-13)26(3,23)24)20-19(22)18-10-14-4-7-15(25-2)11-17(14)21-18/h4-12,21H,1-3H3,(H,20,22)/t12-/m0/s1. The molecule has 0 aliphatic rings. The Balaban J connectivity index is 1.76. The topological polar surface area (TPSA) is 88.3 Å². The van der Waals surface area contributed by atoms with Gasteiger partial charge in [0.1, 0.15) is 11.4 Å². The maximum Gasteiger partial charge on any atom is 0.268 e. The van der Waals surface area contributed by atoms with Gasteiger partial charge in [-0.2, -0.15) is 0 Å². The van der Waals surface area contributed by atoms with Crippen LogP contribution in [0.1, 0.15) is 29.0 Å². The van der Waals surface area contributed by atoms with Crippen molar-refractivity contribution in [1.29, 1.82) is 0 Å². The first-order chi connectivity index (χ1) is 12.3. The van der Waals surface area contributed by atoms with Crippen LogP contribution in [0.2, 0.25) is 0 Å². The molecule has 0 bridgehead atoms. The zero-order chi connectivity index (χ0) is 18.9. The summed E-state index contributed by atoms with van der Waals surface area (Å²) in [5, 5.41) is 3.83. The highest BCUT2D eigenvalue weighted by Gasteiger charge is 2.15. The number of ether oxygens (including phenoxy) is 1. The lowest BCUT2D eigenvalue weighted by molar-refractivity contribution is 0.0935. The number of hydrogen-bond acceptors (Lipinski definition) is 4. The molecule has 0 aliphatic carbocycles. The summed E-state index contributed by atoms with van der Waals surface area (Å²) in [5.74, 6) is 0.477. The van der Waals surface area contributed by atoms with E-state index in [2.05, 4.69) is 10.3 Å². The molecular formula is C19H20N2O4S. The number of amides is 1. The fraction of sp³-hybridized carbons (Fsp3) is 0.211. The number of nitrogens with one attached hydrogen (secondary N) is 2. The number of aromatic nitrogens is 1. The zero-order valence-electron chi connectivity index (χ0n) is 14.7. The Morgan fingerprint density at radius 1 is 1.12 bits per heavy atom. The van der Waals surface area contributed by atoms with Crippen LogP contribution in [0.4, 0.5) is 0 Å². The molecule has 1 heterocycles. The predicted octanol–water partition coefficient (Wildman–Crippen LogP) is 3.07. The number of carbonyl (C=O) groups excluding carboxylic acids is 1. The number of aromatic amines is 1. The molecule has 1 amide bonds. The van der Waals surface area contributed by atoms with E-state index < -0.39 is 9.84 Å². The lowest BCUT2D eigenvalue weighted by atomic mass is 10.1. The van der Waals surface area contributed by atoms with E-state index in [1.54, 1.807) is 37.4 Å². The Morgan fingerprint density at radius 2 is 1.81 bits per heavy atom. The average molecular weight is 372 g/mol. The third-order valence-corrected chi connectivity index (χ3v) is 5.36. The van der Waals surface area contributed by atoms with Gasteiger partial charge in [-0.25, -0.2) is 8.42 Å². The average Bonchev–Trinajstić information content (AvgIpc) is 3.04. The molecule has 2 aromatic carbocycles. The molecular weight excluding hydrogens is 352 g/mol. The molecule has 0 saturated heterocycles. The Labute approximate surface area is 152 Å². The number of fused-ring (bicyclic) bond motifs is 1. The van der Waals surface area contributed by atoms with E-state index in [1.165, 1.54) is 0 Å². The van der Waals surface area contributed by atoms with E-state index in [-0.39, 0.29) is 16.8 Å². The van der Waals surface area contributed by atoms with Crippen LogP contribution in [0.15, 0.2) is 53.4 Å². The second kappa shape index (κ2) is 6.84. The van der Waals surface area contributed by atoms with Gasteiger partial charge in [-0.05, 0) is 42.8 Å². The number of sulfone groups is 1. The molecule has 2 N–H and O–H groups in total. The van der Waals surface area contributed by atoms with Gasteiger partial charge in [0.05, 0.1) is 18.0 Å². The highest BCUT2D eigenvalue weighted by Crippen LogP contribution is 2.22. The molecule has 0 saturated carbocycles. The molecule has 0 fully saturated rings. The van der Waals surface area contributed by atoms with Crippen molar-refractivity contribution in [2.24, 2.45) is 0 Å². The van der Waals surface area contributed by atoms with Crippen LogP contribution in [-0.2, 0) is 9.84 Å². The Kier molecular flexibility index (Phi) is 4.73. The van der Waals surface area contributed by atoms with Crippen molar-refractivity contribution in [3.8, 4) is 5.75 Å². The highest BCUT2D eigenvalue weighted by atomic mass is 32.2. The Bertz CT molecular complexity index is 1050. The number of H-pyrrole nitrogens is 1. The van der Waals surface area contributed by atoms with Crippen LogP contribution in [0.5, 0.6) is 5.75 Å². The highest BCUT2D eigenvalue weighted by molar-refractivity contribution is 7.90. The first kappa shape index (κ1) is 18.0. The molecule has 0 radical (unpaired) electrons. The van der Waals surface area contributed by atoms with Gasteiger partial charge in [0.2, 0.25) is 0 Å². The number of benzene rings is 2. The Morgan fingerprint density at radius 3 is 2.42 bits per heavy atom. The first-order valence-electron chi connectivity index (χ1n) is 8.05. The van der Waals surface area contributed by atoms with E-state index >= 15 is 0 Å². The summed E-state index contributed by atoms with van der Waals surface area (Å²) in [5.41, 5.74) is 2.09. The molecule has 1 aromatic heterocycles. The summed E-state index contributed by atoms with van der Waals surface area (Å²) >= 11 is 0. The molecule has 0 spiro atoms. The summed E-state index contributed by atoms with van der Waals surface area (Å²) < 4.78 is 28.2. The minimum atomic E-state index is -3.23. The summed E-state index contributed by atoms with van der Waals surface area (Å²) in [6, 6.07) is 13.6. The van der Waals surface area contributed by atoms with Gasteiger partial charge < -0.3 is 15.0 Å². The molecule has 6 nitrogen and oxygen atoms in total. The van der Waals surface area contributed by atoms with E-state index in [1.807, 2.05) is 25.1 Å². The predicted molar refractivity (Wildman–Crippen MR) is 100 cm³/mol. The van der Waals surface area contributed by atoms with E-state index in [0.29, 0.717) is 11.4 Å². The summed E-state index contributed by atoms with van der Waals surface area (Å²) in [4.78, 5) is 15.8. The molecule has 3 aromatic rings. The molecule has 1 atom stereocenters. The zero-order valence-corrected chi connectivity index (χ0v) is 15.6. The second-order valence-corrected chi connectivity index (χ2v) is 8.19. The summed E-state index contributed by atoms with van der Waals surface area (Å²) in [6.07, 6.45) is 1.16. The normalized spacial score (nSPS) is 12.7. The quantitative estimate of drug-likeness (QED) is 0.720. The summed E-state index contributed by atoms with van der Waals surface area (Å²) in [7, 11) is -1.64. The molecule has 136 valence electrons. The number of hydrogen-bond donors (Lipinski definition) is 2. The van der Waals surface area contributed by atoms with Crippen LogP contribution in [0.25, 0.3) is 10.9 Å². The van der Waals surface area contributed by atoms with Crippen LogP contribution >= 0.6 is 0 Å². The largest absolute Gasteiger partial charge is 0.497 e. The van der Waals surface area contributed by atoms with Gasteiger partial charge in [0.15, 0.2) is 9.84 Å². The van der Waals surface area contributed by atoms with Crippen LogP contribution in [0, 0.1) is 0 Å². The minimum absolute atomic E-state index is 0.236. The minimum Gasteiger partial charge on any atom is -0.497 e. The third-order valence-electron chi connectivity index (χ3n) is 4.23. The van der Waals surface area contributed by atoms with Crippen molar-refractivity contribution in [3.63, 3.8) is 0 Å². The smallest absolute Gasteiger partial charge is 0.268 e. The lowest BCUT2D eigenvalue weighted by Crippen LogP contribution is -2.26. The van der Waals surface area contributed by atoms with Crippen molar-refractivity contribution in [1.82, 2.24) is 10.3 Å². The molecule has 0 unspecified atom stereocenters. The van der Waals surface area contributed by atoms with E-state index in [4.69, 9.17) is 4.74 Å². The monoisotopic (exact) mass is 372 g/mol. The van der Waals surface area contributed by atoms with Crippen LogP contribution in [-0.4, -0.2) is 32.7 Å². The molecule has 0 aliphatic heterocycles. The first-order valence-corrected chi connectivity index (χ1v) is 9.95. The van der Waals surface area contributed by atoms with Crippen molar-refractivity contribution in [3.05, 3.63) is 59.8 Å². The summed E-state index contributed by atoms with van der Waals surface area (Å²) in [6.45, 7) is 1.85. The maximum absolute atomic E-state index is 12.5. The fourth-order valence-electron chi connectivity index (χ4n) is 2.72. The maximum atomic E-state index is 12.5. The van der Waals surface area contributed by atoms with Crippen LogP contribution < -0.4 is 10.1 Å². The molecule has 3 rings (SSSR count). The number of methoxy groups -OCH3 is 1. The van der Waals surface area contributed by atoms with E-state index in [0.717, 1.165) is 22.7 Å². The SMILES string of the molecule is COc1ccc2cc(C(=O)N[C@@H](C)c3ccc(S(C)(=O)=O)cc3)[nH]c2c1. The van der Waals surface area contributed by atoms with Gasteiger partial charge >= 0.3 is 0 Å². The Hall–Kier alpha value is -2.80. The van der Waals surface area contributed by atoms with Gasteiger partial charge in [-0.15, -0.1) is 0 Å².